The molecule has 1 saturated heterocycles. The average molecular weight is 328 g/mol. The van der Waals surface area contributed by atoms with Crippen molar-refractivity contribution >= 4 is 5.91 Å². The number of para-hydroxylation sites is 1. The Balaban J connectivity index is 1.55. The second-order valence-corrected chi connectivity index (χ2v) is 5.97. The lowest BCUT2D eigenvalue weighted by molar-refractivity contribution is -0.181. The van der Waals surface area contributed by atoms with Crippen LogP contribution in [-0.2, 0) is 16.2 Å². The Morgan fingerprint density at radius 1 is 1.33 bits per heavy atom. The smallest absolute Gasteiger partial charge is 0.221 e. The third kappa shape index (κ3) is 4.21. The molecule has 1 aromatic heterocycles. The molecule has 0 radical (unpaired) electrons. The number of hydrogen-bond donors (Lipinski definition) is 1. The largest absolute Gasteiger partial charge is 0.352 e. The first-order chi connectivity index (χ1) is 11.7. The molecule has 1 fully saturated rings. The molecule has 0 saturated carbocycles. The van der Waals surface area contributed by atoms with Crippen LogP contribution in [0.15, 0.2) is 36.7 Å². The average Bonchev–Trinajstić information content (AvgIpc) is 3.05. The van der Waals surface area contributed by atoms with E-state index < -0.39 is 0 Å². The van der Waals surface area contributed by atoms with Gasteiger partial charge in [-0.15, -0.1) is 0 Å². The van der Waals surface area contributed by atoms with Gasteiger partial charge in [-0.05, 0) is 31.4 Å². The number of carbonyl (C=O) groups is 1. The van der Waals surface area contributed by atoms with Crippen LogP contribution in [0.3, 0.4) is 0 Å². The van der Waals surface area contributed by atoms with Gasteiger partial charge in [-0.2, -0.15) is 5.06 Å². The van der Waals surface area contributed by atoms with Crippen LogP contribution in [0.25, 0.3) is 5.69 Å². The molecule has 2 heterocycles. The lowest BCUT2D eigenvalue weighted by atomic mass is 10.1. The van der Waals surface area contributed by atoms with E-state index in [2.05, 4.69) is 10.3 Å². The number of imidazole rings is 1. The van der Waals surface area contributed by atoms with Crippen molar-refractivity contribution in [1.29, 1.82) is 0 Å². The summed E-state index contributed by atoms with van der Waals surface area (Å²) < 4.78 is 2.03. The van der Waals surface area contributed by atoms with Crippen LogP contribution >= 0.6 is 0 Å². The van der Waals surface area contributed by atoms with E-state index in [0.717, 1.165) is 43.1 Å². The Hall–Kier alpha value is -2.18. The zero-order valence-corrected chi connectivity index (χ0v) is 14.1. The van der Waals surface area contributed by atoms with E-state index in [1.165, 1.54) is 0 Å². The van der Waals surface area contributed by atoms with Crippen molar-refractivity contribution in [2.45, 2.75) is 32.7 Å². The Morgan fingerprint density at radius 3 is 2.96 bits per heavy atom. The Labute approximate surface area is 142 Å². The summed E-state index contributed by atoms with van der Waals surface area (Å²) in [5.41, 5.74) is 2.12. The summed E-state index contributed by atoms with van der Waals surface area (Å²) in [6, 6.07) is 8.05. The molecule has 0 atom stereocenters. The van der Waals surface area contributed by atoms with Crippen LogP contribution in [0.2, 0.25) is 0 Å². The van der Waals surface area contributed by atoms with Gasteiger partial charge in [0.05, 0.1) is 12.3 Å². The summed E-state index contributed by atoms with van der Waals surface area (Å²) in [7, 11) is 0. The maximum atomic E-state index is 12.1. The number of aromatic nitrogens is 2. The second kappa shape index (κ2) is 8.08. The Bertz CT molecular complexity index is 677. The van der Waals surface area contributed by atoms with Gasteiger partial charge < -0.3 is 9.88 Å². The van der Waals surface area contributed by atoms with Crippen LogP contribution in [0, 0.1) is 6.92 Å². The second-order valence-electron chi connectivity index (χ2n) is 5.97. The maximum Gasteiger partial charge on any atom is 0.221 e. The van der Waals surface area contributed by atoms with E-state index in [0.29, 0.717) is 19.5 Å². The fourth-order valence-electron chi connectivity index (χ4n) is 2.86. The van der Waals surface area contributed by atoms with E-state index in [-0.39, 0.29) is 5.91 Å². The first-order valence-electron chi connectivity index (χ1n) is 8.47. The predicted octanol–water partition coefficient (Wildman–Crippen LogP) is 2.21. The minimum absolute atomic E-state index is 0.0429. The molecule has 1 amide bonds. The van der Waals surface area contributed by atoms with Crippen molar-refractivity contribution in [1.82, 2.24) is 19.9 Å². The lowest BCUT2D eigenvalue weighted by Crippen LogP contribution is -2.34. The quantitative estimate of drug-likeness (QED) is 0.883. The topological polar surface area (TPSA) is 59.4 Å². The molecule has 6 heteroatoms. The van der Waals surface area contributed by atoms with Crippen LogP contribution in [-0.4, -0.2) is 40.2 Å². The summed E-state index contributed by atoms with van der Waals surface area (Å²) >= 11 is 0. The molecular formula is C18H24N4O2. The standard InChI is InChI=1S/C18H24N4O2/c1-15-19-9-12-22(15)17-7-3-2-6-16(17)14-20-18(23)8-11-21-10-4-5-13-24-21/h2-3,6-7,9,12H,4-5,8,10-11,13-14H2,1H3,(H,20,23). The zero-order valence-electron chi connectivity index (χ0n) is 14.1. The van der Waals surface area contributed by atoms with E-state index in [9.17, 15) is 4.79 Å². The fourth-order valence-corrected chi connectivity index (χ4v) is 2.86. The number of hydrogen-bond acceptors (Lipinski definition) is 4. The minimum atomic E-state index is 0.0429. The number of amides is 1. The van der Waals surface area contributed by atoms with Crippen molar-refractivity contribution in [2.75, 3.05) is 19.7 Å². The van der Waals surface area contributed by atoms with E-state index in [4.69, 9.17) is 4.84 Å². The normalized spacial score (nSPS) is 15.4. The molecule has 0 bridgehead atoms. The summed E-state index contributed by atoms with van der Waals surface area (Å²) in [5.74, 6) is 0.970. The minimum Gasteiger partial charge on any atom is -0.352 e. The van der Waals surface area contributed by atoms with Crippen LogP contribution in [0.4, 0.5) is 0 Å². The first-order valence-corrected chi connectivity index (χ1v) is 8.47. The lowest BCUT2D eigenvalue weighted by Gasteiger charge is -2.25. The van der Waals surface area contributed by atoms with Gasteiger partial charge in [0.1, 0.15) is 5.82 Å². The van der Waals surface area contributed by atoms with Gasteiger partial charge in [0.2, 0.25) is 5.91 Å². The third-order valence-corrected chi connectivity index (χ3v) is 4.22. The van der Waals surface area contributed by atoms with Gasteiger partial charge in [-0.25, -0.2) is 4.98 Å². The number of rotatable bonds is 6. The number of hydroxylamine groups is 2. The predicted molar refractivity (Wildman–Crippen MR) is 91.5 cm³/mol. The van der Waals surface area contributed by atoms with Gasteiger partial charge in [-0.1, -0.05) is 18.2 Å². The van der Waals surface area contributed by atoms with Crippen molar-refractivity contribution in [3.63, 3.8) is 0 Å². The van der Waals surface area contributed by atoms with E-state index in [1.807, 2.05) is 47.0 Å². The van der Waals surface area contributed by atoms with Gasteiger partial charge in [-0.3, -0.25) is 9.63 Å². The van der Waals surface area contributed by atoms with Crippen molar-refractivity contribution in [3.05, 3.63) is 48.0 Å². The highest BCUT2D eigenvalue weighted by Crippen LogP contribution is 2.16. The molecule has 0 aliphatic carbocycles. The molecular weight excluding hydrogens is 304 g/mol. The fraction of sp³-hybridized carbons (Fsp3) is 0.444. The monoisotopic (exact) mass is 328 g/mol. The van der Waals surface area contributed by atoms with Gasteiger partial charge in [0.15, 0.2) is 0 Å². The molecule has 3 rings (SSSR count). The molecule has 1 aromatic carbocycles. The molecule has 1 N–H and O–H groups in total. The molecule has 24 heavy (non-hydrogen) atoms. The number of nitrogens with zero attached hydrogens (tertiary/aromatic N) is 3. The van der Waals surface area contributed by atoms with Gasteiger partial charge >= 0.3 is 0 Å². The summed E-state index contributed by atoms with van der Waals surface area (Å²) in [6.45, 7) is 4.80. The van der Waals surface area contributed by atoms with Crippen LogP contribution < -0.4 is 5.32 Å². The SMILES string of the molecule is Cc1nccn1-c1ccccc1CNC(=O)CCN1CCCCO1. The summed E-state index contributed by atoms with van der Waals surface area (Å²) in [5, 5.41) is 4.90. The van der Waals surface area contributed by atoms with Crippen molar-refractivity contribution in [3.8, 4) is 5.69 Å². The molecule has 1 aliphatic heterocycles. The zero-order chi connectivity index (χ0) is 16.8. The molecule has 0 spiro atoms. The molecule has 128 valence electrons. The van der Waals surface area contributed by atoms with Gasteiger partial charge in [0, 0.05) is 38.4 Å². The highest BCUT2D eigenvalue weighted by Gasteiger charge is 2.13. The maximum absolute atomic E-state index is 12.1. The molecule has 6 nitrogen and oxygen atoms in total. The first kappa shape index (κ1) is 16.7. The summed E-state index contributed by atoms with van der Waals surface area (Å²) in [6.07, 6.45) is 6.41. The molecule has 0 unspecified atom stereocenters. The number of nitrogens with one attached hydrogen (secondary N) is 1. The highest BCUT2D eigenvalue weighted by molar-refractivity contribution is 5.76. The Kier molecular flexibility index (Phi) is 5.61. The van der Waals surface area contributed by atoms with Crippen LogP contribution in [0.5, 0.6) is 0 Å². The van der Waals surface area contributed by atoms with E-state index >= 15 is 0 Å². The number of aryl methyl sites for hydroxylation is 1. The number of benzene rings is 1. The van der Waals surface area contributed by atoms with Crippen molar-refractivity contribution < 1.29 is 9.63 Å². The summed E-state index contributed by atoms with van der Waals surface area (Å²) in [4.78, 5) is 21.9. The number of carbonyl (C=O) groups excluding carboxylic acids is 1. The van der Waals surface area contributed by atoms with Crippen molar-refractivity contribution in [2.24, 2.45) is 0 Å². The Morgan fingerprint density at radius 2 is 2.21 bits per heavy atom. The molecule has 1 aliphatic rings. The van der Waals surface area contributed by atoms with E-state index in [1.54, 1.807) is 6.20 Å². The van der Waals surface area contributed by atoms with Crippen LogP contribution in [0.1, 0.15) is 30.7 Å². The highest BCUT2D eigenvalue weighted by atomic mass is 16.7. The molecule has 2 aromatic rings. The van der Waals surface area contributed by atoms with Gasteiger partial charge in [0.25, 0.3) is 0 Å². The third-order valence-electron chi connectivity index (χ3n) is 4.22.